The van der Waals surface area contributed by atoms with Gasteiger partial charge >= 0.3 is 5.97 Å². The maximum Gasteiger partial charge on any atom is 0.341 e. The SMILES string of the molecule is CC(C)(C)c1ccc(C(=O)N/N=C\c2ccccc2OCC(=O)O)cc1. The lowest BCUT2D eigenvalue weighted by Gasteiger charge is -2.18. The van der Waals surface area contributed by atoms with Gasteiger partial charge in [0.15, 0.2) is 6.61 Å². The van der Waals surface area contributed by atoms with E-state index in [1.165, 1.54) is 6.21 Å². The number of carbonyl (C=O) groups is 2. The summed E-state index contributed by atoms with van der Waals surface area (Å²) in [6, 6.07) is 14.2. The summed E-state index contributed by atoms with van der Waals surface area (Å²) in [7, 11) is 0. The van der Waals surface area contributed by atoms with Gasteiger partial charge in [-0.1, -0.05) is 45.0 Å². The minimum atomic E-state index is -1.07. The Morgan fingerprint density at radius 2 is 1.77 bits per heavy atom. The molecule has 2 aromatic carbocycles. The first-order chi connectivity index (χ1) is 12.3. The van der Waals surface area contributed by atoms with Crippen LogP contribution in [0.3, 0.4) is 0 Å². The van der Waals surface area contributed by atoms with E-state index in [2.05, 4.69) is 31.3 Å². The van der Waals surface area contributed by atoms with Crippen molar-refractivity contribution in [2.24, 2.45) is 5.10 Å². The number of nitrogens with one attached hydrogen (secondary N) is 1. The van der Waals surface area contributed by atoms with Crippen LogP contribution in [0.25, 0.3) is 0 Å². The zero-order chi connectivity index (χ0) is 19.2. The van der Waals surface area contributed by atoms with Crippen molar-refractivity contribution in [2.75, 3.05) is 6.61 Å². The molecule has 0 radical (unpaired) electrons. The molecule has 0 saturated carbocycles. The van der Waals surface area contributed by atoms with Gasteiger partial charge < -0.3 is 9.84 Å². The van der Waals surface area contributed by atoms with E-state index in [-0.39, 0.29) is 11.3 Å². The molecule has 26 heavy (non-hydrogen) atoms. The average molecular weight is 354 g/mol. The summed E-state index contributed by atoms with van der Waals surface area (Å²) in [6.45, 7) is 5.88. The van der Waals surface area contributed by atoms with E-state index in [9.17, 15) is 9.59 Å². The normalized spacial score (nSPS) is 11.3. The second-order valence-electron chi connectivity index (χ2n) is 6.75. The van der Waals surface area contributed by atoms with Crippen LogP contribution in [0.15, 0.2) is 53.6 Å². The second kappa shape index (κ2) is 8.29. The molecule has 6 nitrogen and oxygen atoms in total. The molecule has 0 unspecified atom stereocenters. The van der Waals surface area contributed by atoms with Crippen LogP contribution in [0.5, 0.6) is 5.75 Å². The number of hydrogen-bond donors (Lipinski definition) is 2. The topological polar surface area (TPSA) is 88.0 Å². The molecule has 2 aromatic rings. The molecule has 2 rings (SSSR count). The predicted molar refractivity (Wildman–Crippen MR) is 99.8 cm³/mol. The number of carboxylic acid groups (broad SMARTS) is 1. The van der Waals surface area contributed by atoms with Gasteiger partial charge in [-0.2, -0.15) is 5.10 Å². The van der Waals surface area contributed by atoms with Crippen molar-refractivity contribution in [1.29, 1.82) is 0 Å². The van der Waals surface area contributed by atoms with Gasteiger partial charge in [-0.05, 0) is 35.2 Å². The fourth-order valence-electron chi connectivity index (χ4n) is 2.20. The van der Waals surface area contributed by atoms with Crippen LogP contribution in [0.1, 0.15) is 42.3 Å². The number of hydrazone groups is 1. The Morgan fingerprint density at radius 3 is 2.38 bits per heavy atom. The Bertz CT molecular complexity index is 805. The first kappa shape index (κ1) is 19.2. The molecular formula is C20H22N2O4. The highest BCUT2D eigenvalue weighted by atomic mass is 16.5. The lowest BCUT2D eigenvalue weighted by Crippen LogP contribution is -2.18. The minimum Gasteiger partial charge on any atom is -0.481 e. The largest absolute Gasteiger partial charge is 0.481 e. The highest BCUT2D eigenvalue weighted by molar-refractivity contribution is 5.95. The van der Waals surface area contributed by atoms with Crippen LogP contribution >= 0.6 is 0 Å². The second-order valence-corrected chi connectivity index (χ2v) is 6.75. The van der Waals surface area contributed by atoms with Crippen molar-refractivity contribution in [2.45, 2.75) is 26.2 Å². The molecule has 136 valence electrons. The third kappa shape index (κ3) is 5.44. The van der Waals surface area contributed by atoms with Gasteiger partial charge in [0.05, 0.1) is 6.21 Å². The van der Waals surface area contributed by atoms with Gasteiger partial charge in [-0.25, -0.2) is 10.2 Å². The van der Waals surface area contributed by atoms with Crippen LogP contribution < -0.4 is 10.2 Å². The average Bonchev–Trinajstić information content (AvgIpc) is 2.60. The molecule has 6 heteroatoms. The zero-order valence-corrected chi connectivity index (χ0v) is 15.0. The summed E-state index contributed by atoms with van der Waals surface area (Å²) in [5.41, 5.74) is 4.69. The Morgan fingerprint density at radius 1 is 1.12 bits per heavy atom. The number of carbonyl (C=O) groups excluding carboxylic acids is 1. The van der Waals surface area contributed by atoms with Crippen LogP contribution in [0, 0.1) is 0 Å². The Balaban J connectivity index is 2.02. The Hall–Kier alpha value is -3.15. The van der Waals surface area contributed by atoms with Crippen molar-refractivity contribution >= 4 is 18.1 Å². The molecule has 0 heterocycles. The number of amides is 1. The Kier molecular flexibility index (Phi) is 6.11. The van der Waals surface area contributed by atoms with E-state index in [1.807, 2.05) is 12.1 Å². The van der Waals surface area contributed by atoms with Gasteiger partial charge in [0.2, 0.25) is 0 Å². The number of carboxylic acids is 1. The predicted octanol–water partition coefficient (Wildman–Crippen LogP) is 3.21. The third-order valence-corrected chi connectivity index (χ3v) is 3.65. The first-order valence-corrected chi connectivity index (χ1v) is 8.15. The summed E-state index contributed by atoms with van der Waals surface area (Å²) in [6.07, 6.45) is 1.42. The highest BCUT2D eigenvalue weighted by Crippen LogP contribution is 2.22. The van der Waals surface area contributed by atoms with Crippen LogP contribution in [0.4, 0.5) is 0 Å². The third-order valence-electron chi connectivity index (χ3n) is 3.65. The van der Waals surface area contributed by atoms with E-state index in [0.29, 0.717) is 16.9 Å². The van der Waals surface area contributed by atoms with Crippen molar-refractivity contribution in [1.82, 2.24) is 5.43 Å². The molecule has 0 bridgehead atoms. The van der Waals surface area contributed by atoms with Gasteiger partial charge in [0, 0.05) is 11.1 Å². The number of nitrogens with zero attached hydrogens (tertiary/aromatic N) is 1. The van der Waals surface area contributed by atoms with Gasteiger partial charge in [-0.15, -0.1) is 0 Å². The molecule has 2 N–H and O–H groups in total. The molecule has 0 saturated heterocycles. The van der Waals surface area contributed by atoms with Crippen LogP contribution in [-0.4, -0.2) is 29.8 Å². The van der Waals surface area contributed by atoms with E-state index in [0.717, 1.165) is 5.56 Å². The van der Waals surface area contributed by atoms with Crippen molar-refractivity contribution in [3.8, 4) is 5.75 Å². The van der Waals surface area contributed by atoms with E-state index < -0.39 is 12.6 Å². The van der Waals surface area contributed by atoms with Crippen LogP contribution in [-0.2, 0) is 10.2 Å². The summed E-state index contributed by atoms with van der Waals surface area (Å²) < 4.78 is 5.18. The molecule has 0 aliphatic heterocycles. The zero-order valence-electron chi connectivity index (χ0n) is 15.0. The minimum absolute atomic E-state index is 0.0207. The van der Waals surface area contributed by atoms with Crippen molar-refractivity contribution in [3.63, 3.8) is 0 Å². The lowest BCUT2D eigenvalue weighted by molar-refractivity contribution is -0.139. The smallest absolute Gasteiger partial charge is 0.341 e. The highest BCUT2D eigenvalue weighted by Gasteiger charge is 2.14. The quantitative estimate of drug-likeness (QED) is 0.616. The fraction of sp³-hybridized carbons (Fsp3) is 0.250. The molecule has 0 aliphatic carbocycles. The molecule has 0 aliphatic rings. The lowest BCUT2D eigenvalue weighted by atomic mass is 9.87. The van der Waals surface area contributed by atoms with Gasteiger partial charge in [0.1, 0.15) is 5.75 Å². The van der Waals surface area contributed by atoms with Crippen LogP contribution in [0.2, 0.25) is 0 Å². The molecular weight excluding hydrogens is 332 g/mol. The monoisotopic (exact) mass is 354 g/mol. The summed E-state index contributed by atoms with van der Waals surface area (Å²) in [5.74, 6) is -1.02. The van der Waals surface area contributed by atoms with Gasteiger partial charge in [0.25, 0.3) is 5.91 Å². The Labute approximate surface area is 152 Å². The molecule has 1 amide bonds. The van der Waals surface area contributed by atoms with E-state index in [4.69, 9.17) is 9.84 Å². The number of para-hydroxylation sites is 1. The number of rotatable bonds is 6. The number of hydrogen-bond acceptors (Lipinski definition) is 4. The molecule has 0 spiro atoms. The maximum atomic E-state index is 12.2. The molecule has 0 atom stereocenters. The van der Waals surface area contributed by atoms with E-state index >= 15 is 0 Å². The summed E-state index contributed by atoms with van der Waals surface area (Å²) >= 11 is 0. The van der Waals surface area contributed by atoms with Crippen molar-refractivity contribution in [3.05, 3.63) is 65.2 Å². The molecule has 0 fully saturated rings. The number of benzene rings is 2. The fourth-order valence-corrected chi connectivity index (χ4v) is 2.20. The molecule has 0 aromatic heterocycles. The van der Waals surface area contributed by atoms with E-state index in [1.54, 1.807) is 36.4 Å². The number of ether oxygens (including phenoxy) is 1. The standard InChI is InChI=1S/C20H22N2O4/c1-20(2,3)16-10-8-14(9-11-16)19(25)22-21-12-15-6-4-5-7-17(15)26-13-18(23)24/h4-12H,13H2,1-3H3,(H,22,25)(H,23,24)/b21-12-. The van der Waals surface area contributed by atoms with Gasteiger partial charge in [-0.3, -0.25) is 4.79 Å². The maximum absolute atomic E-state index is 12.2. The summed E-state index contributed by atoms with van der Waals surface area (Å²) in [4.78, 5) is 22.8. The number of aliphatic carboxylic acids is 1. The first-order valence-electron chi connectivity index (χ1n) is 8.15. The van der Waals surface area contributed by atoms with Crippen molar-refractivity contribution < 1.29 is 19.4 Å². The summed E-state index contributed by atoms with van der Waals surface area (Å²) in [5, 5.41) is 12.6.